The number of amides is 1. The second-order valence-corrected chi connectivity index (χ2v) is 15.5. The fourth-order valence-corrected chi connectivity index (χ4v) is 7.91. The van der Waals surface area contributed by atoms with Gasteiger partial charge in [-0.3, -0.25) is 14.3 Å². The number of benzene rings is 3. The Hall–Kier alpha value is -5.07. The summed E-state index contributed by atoms with van der Waals surface area (Å²) in [6.45, 7) is 12.2. The van der Waals surface area contributed by atoms with E-state index in [9.17, 15) is 27.4 Å². The number of aromatic nitrogens is 1. The van der Waals surface area contributed by atoms with Gasteiger partial charge in [0.2, 0.25) is 11.6 Å². The van der Waals surface area contributed by atoms with E-state index in [-0.39, 0.29) is 28.0 Å². The summed E-state index contributed by atoms with van der Waals surface area (Å²) >= 11 is 0. The van der Waals surface area contributed by atoms with E-state index in [4.69, 9.17) is 0 Å². The molecule has 12 heteroatoms. The van der Waals surface area contributed by atoms with Crippen molar-refractivity contribution in [3.05, 3.63) is 117 Å². The Labute approximate surface area is 296 Å². The van der Waals surface area contributed by atoms with Crippen LogP contribution in [0, 0.1) is 0 Å². The molecule has 0 spiro atoms. The van der Waals surface area contributed by atoms with Crippen LogP contribution in [0.5, 0.6) is 0 Å². The molecule has 0 atom stereocenters. The molecule has 0 saturated heterocycles. The molecule has 51 heavy (non-hydrogen) atoms. The summed E-state index contributed by atoms with van der Waals surface area (Å²) in [6.07, 6.45) is 8.75. The lowest BCUT2D eigenvalue weighted by Crippen LogP contribution is -2.28. The predicted octanol–water partition coefficient (Wildman–Crippen LogP) is 6.56. The molecule has 2 aliphatic rings. The summed E-state index contributed by atoms with van der Waals surface area (Å²) < 4.78 is 40.8. The number of unbranched alkanes of at least 4 members (excludes halogenated alkanes) is 2. The molecule has 0 radical (unpaired) electrons. The van der Waals surface area contributed by atoms with E-state index in [0.717, 1.165) is 36.3 Å². The SMILES string of the molecule is CCN1/C(=C\C=C\C2=[N+](CCCCCC(=O)Nc3ccc4[nH]c(=O)oc(=O)c4c3)c3ccc(S(=O)(=O)O)cc3C2(C)C)C(C)(C)c2ccccc21. The number of allylic oxidation sites excluding steroid dienone is 4. The summed E-state index contributed by atoms with van der Waals surface area (Å²) in [4.78, 5) is 40.9. The second kappa shape index (κ2) is 13.6. The number of hydrogen-bond donors (Lipinski definition) is 3. The molecule has 0 fully saturated rings. The Bertz CT molecular complexity index is 2360. The zero-order chi connectivity index (χ0) is 36.7. The third-order valence-corrected chi connectivity index (χ3v) is 10.9. The minimum atomic E-state index is -4.39. The van der Waals surface area contributed by atoms with Crippen LogP contribution < -0.4 is 21.6 Å². The molecule has 0 bridgehead atoms. The van der Waals surface area contributed by atoms with E-state index in [1.54, 1.807) is 24.3 Å². The first kappa shape index (κ1) is 35.7. The van der Waals surface area contributed by atoms with Crippen molar-refractivity contribution in [1.29, 1.82) is 0 Å². The lowest BCUT2D eigenvalue weighted by molar-refractivity contribution is -0.438. The fourth-order valence-electron chi connectivity index (χ4n) is 7.40. The molecular formula is C39H43N4O7S+. The number of nitrogens with zero attached hydrogens (tertiary/aromatic N) is 2. The zero-order valence-electron chi connectivity index (χ0n) is 29.4. The van der Waals surface area contributed by atoms with Gasteiger partial charge in [0.25, 0.3) is 10.1 Å². The van der Waals surface area contributed by atoms with Crippen LogP contribution in [-0.4, -0.2) is 47.2 Å². The topological polar surface area (TPSA) is 153 Å². The zero-order valence-corrected chi connectivity index (χ0v) is 30.3. The average Bonchev–Trinajstić information content (AvgIpc) is 3.42. The van der Waals surface area contributed by atoms with Crippen molar-refractivity contribution < 1.29 is 26.8 Å². The molecule has 3 aromatic carbocycles. The number of carbonyl (C=O) groups excluding carboxylic acids is 1. The Morgan fingerprint density at radius 3 is 2.49 bits per heavy atom. The number of nitrogens with one attached hydrogen (secondary N) is 2. The van der Waals surface area contributed by atoms with Crippen molar-refractivity contribution in [2.24, 2.45) is 0 Å². The minimum absolute atomic E-state index is 0.141. The van der Waals surface area contributed by atoms with Crippen LogP contribution in [0.4, 0.5) is 17.1 Å². The van der Waals surface area contributed by atoms with E-state index in [1.807, 2.05) is 0 Å². The van der Waals surface area contributed by atoms with Crippen molar-refractivity contribution in [3.8, 4) is 0 Å². The highest BCUT2D eigenvalue weighted by molar-refractivity contribution is 7.85. The van der Waals surface area contributed by atoms with Crippen LogP contribution in [0.1, 0.15) is 71.4 Å². The normalized spacial score (nSPS) is 17.1. The quantitative estimate of drug-likeness (QED) is 0.0899. The van der Waals surface area contributed by atoms with E-state index in [2.05, 4.69) is 101 Å². The van der Waals surface area contributed by atoms with Gasteiger partial charge in [0.05, 0.1) is 21.2 Å². The number of carbonyl (C=O) groups is 1. The first-order chi connectivity index (χ1) is 24.1. The molecule has 0 unspecified atom stereocenters. The highest BCUT2D eigenvalue weighted by Gasteiger charge is 2.45. The van der Waals surface area contributed by atoms with Gasteiger partial charge in [-0.2, -0.15) is 13.0 Å². The lowest BCUT2D eigenvalue weighted by atomic mass is 9.81. The minimum Gasteiger partial charge on any atom is -0.372 e. The van der Waals surface area contributed by atoms with Gasteiger partial charge in [-0.05, 0) is 81.7 Å². The van der Waals surface area contributed by atoms with Gasteiger partial charge >= 0.3 is 11.4 Å². The van der Waals surface area contributed by atoms with E-state index in [0.29, 0.717) is 24.2 Å². The molecule has 2 aliphatic heterocycles. The first-order valence-electron chi connectivity index (χ1n) is 17.1. The van der Waals surface area contributed by atoms with Crippen molar-refractivity contribution in [1.82, 2.24) is 4.98 Å². The van der Waals surface area contributed by atoms with Crippen molar-refractivity contribution in [3.63, 3.8) is 0 Å². The number of hydrogen-bond acceptors (Lipinski definition) is 7. The summed E-state index contributed by atoms with van der Waals surface area (Å²) in [5.41, 5.74) is 5.60. The molecule has 3 heterocycles. The third-order valence-electron chi connectivity index (χ3n) is 10.0. The Balaban J connectivity index is 1.19. The van der Waals surface area contributed by atoms with Gasteiger partial charge in [0, 0.05) is 59.6 Å². The second-order valence-electron chi connectivity index (χ2n) is 14.0. The molecule has 0 saturated carbocycles. The van der Waals surface area contributed by atoms with Crippen LogP contribution in [0.3, 0.4) is 0 Å². The van der Waals surface area contributed by atoms with Crippen LogP contribution in [-0.2, 0) is 25.7 Å². The molecule has 266 valence electrons. The lowest BCUT2D eigenvalue weighted by Gasteiger charge is -2.25. The first-order valence-corrected chi connectivity index (χ1v) is 18.6. The highest BCUT2D eigenvalue weighted by Crippen LogP contribution is 2.47. The van der Waals surface area contributed by atoms with Gasteiger partial charge in [-0.1, -0.05) is 38.1 Å². The predicted molar refractivity (Wildman–Crippen MR) is 199 cm³/mol. The van der Waals surface area contributed by atoms with Crippen LogP contribution >= 0.6 is 0 Å². The van der Waals surface area contributed by atoms with Gasteiger partial charge in [0.15, 0.2) is 5.71 Å². The standard InChI is InChI=1S/C39H42N4O7S/c1-6-42-31-14-10-9-13-28(31)38(2,3)33(42)15-12-16-34-39(4,5)29-24-26(51(47,48)49)19-21-32(29)43(34)22-11-7-8-17-35(44)40-25-18-20-30-27(23-25)36(45)50-37(46)41-30/h9-10,12-16,18-21,23-24H,6-8,11,17,22H2,1-5H3,(H2-,40,41,44,45,46,47,48,49)/p+1. The number of fused-ring (bicyclic) bond motifs is 3. The summed E-state index contributed by atoms with van der Waals surface area (Å²) in [5.74, 6) is -1.04. The van der Waals surface area contributed by atoms with E-state index < -0.39 is 26.9 Å². The smallest absolute Gasteiger partial charge is 0.372 e. The molecule has 1 amide bonds. The van der Waals surface area contributed by atoms with E-state index in [1.165, 1.54) is 29.1 Å². The highest BCUT2D eigenvalue weighted by atomic mass is 32.2. The molecule has 6 rings (SSSR count). The van der Waals surface area contributed by atoms with Gasteiger partial charge in [0.1, 0.15) is 6.54 Å². The average molecular weight is 712 g/mol. The molecule has 0 aliphatic carbocycles. The van der Waals surface area contributed by atoms with Crippen LogP contribution in [0.25, 0.3) is 10.9 Å². The number of rotatable bonds is 11. The monoisotopic (exact) mass is 711 g/mol. The number of anilines is 2. The Kier molecular flexibility index (Phi) is 9.51. The van der Waals surface area contributed by atoms with Gasteiger partial charge in [-0.15, -0.1) is 0 Å². The van der Waals surface area contributed by atoms with Crippen LogP contribution in [0.15, 0.2) is 103 Å². The summed E-state index contributed by atoms with van der Waals surface area (Å²) in [5, 5.41) is 2.98. The number of para-hydroxylation sites is 1. The maximum Gasteiger partial charge on any atom is 0.419 e. The largest absolute Gasteiger partial charge is 0.419 e. The maximum absolute atomic E-state index is 12.7. The molecule has 3 N–H and O–H groups in total. The van der Waals surface area contributed by atoms with Crippen molar-refractivity contribution in [2.75, 3.05) is 23.3 Å². The Morgan fingerprint density at radius 2 is 1.75 bits per heavy atom. The van der Waals surface area contributed by atoms with Gasteiger partial charge < -0.3 is 14.6 Å². The Morgan fingerprint density at radius 1 is 0.980 bits per heavy atom. The number of aromatic amines is 1. The molecule has 11 nitrogen and oxygen atoms in total. The maximum atomic E-state index is 12.7. The van der Waals surface area contributed by atoms with Crippen molar-refractivity contribution >= 4 is 49.7 Å². The molecule has 4 aromatic rings. The summed E-state index contributed by atoms with van der Waals surface area (Å²) in [7, 11) is -4.39. The summed E-state index contributed by atoms with van der Waals surface area (Å²) in [6, 6.07) is 17.8. The number of likely N-dealkylation sites (N-methyl/N-ethyl adjacent to an activating group) is 1. The third kappa shape index (κ3) is 6.85. The van der Waals surface area contributed by atoms with Crippen molar-refractivity contribution in [2.45, 2.75) is 76.0 Å². The fraction of sp³-hybridized carbons (Fsp3) is 0.333. The number of H-pyrrole nitrogens is 1. The molecular weight excluding hydrogens is 669 g/mol. The van der Waals surface area contributed by atoms with Gasteiger partial charge in [-0.25, -0.2) is 9.59 Å². The molecule has 1 aromatic heterocycles. The van der Waals surface area contributed by atoms with E-state index >= 15 is 0 Å². The van der Waals surface area contributed by atoms with Crippen LogP contribution in [0.2, 0.25) is 0 Å².